The molecule has 0 radical (unpaired) electrons. The van der Waals surface area contributed by atoms with Crippen LogP contribution in [0.5, 0.6) is 0 Å². The molecule has 0 amide bonds. The maximum absolute atomic E-state index is 6.51. The minimum atomic E-state index is 0.905. The third-order valence-electron chi connectivity index (χ3n) is 24.0. The highest BCUT2D eigenvalue weighted by Crippen LogP contribution is 2.54. The number of aromatic nitrogens is 4. The highest BCUT2D eigenvalue weighted by Gasteiger charge is 2.30. The minimum absolute atomic E-state index is 0.905. The lowest BCUT2D eigenvalue weighted by atomic mass is 10.0. The number of para-hydroxylation sites is 4. The van der Waals surface area contributed by atoms with E-state index in [9.17, 15) is 0 Å². The summed E-state index contributed by atoms with van der Waals surface area (Å²) in [4.78, 5) is 0. The van der Waals surface area contributed by atoms with Crippen molar-refractivity contribution in [3.8, 4) is 89.5 Å². The van der Waals surface area contributed by atoms with Gasteiger partial charge in [0.05, 0.1) is 44.1 Å². The predicted molar refractivity (Wildman–Crippen MR) is 460 cm³/mol. The van der Waals surface area contributed by atoms with Gasteiger partial charge in [0.15, 0.2) is 0 Å². The second-order valence-electron chi connectivity index (χ2n) is 29.7. The molecule has 110 heavy (non-hydrogen) atoms. The average Bonchev–Trinajstić information content (AvgIpc) is 1.53. The minimum Gasteiger partial charge on any atom is -0.456 e. The third kappa shape index (κ3) is 8.20. The van der Waals surface area contributed by atoms with Crippen molar-refractivity contribution < 1.29 is 8.83 Å². The van der Waals surface area contributed by atoms with E-state index in [2.05, 4.69) is 382 Å². The molecule has 0 spiro atoms. The molecule has 0 bridgehead atoms. The van der Waals surface area contributed by atoms with Gasteiger partial charge in [0, 0.05) is 87.4 Å². The van der Waals surface area contributed by atoms with Crippen molar-refractivity contribution in [1.29, 1.82) is 0 Å². The van der Waals surface area contributed by atoms with Crippen molar-refractivity contribution in [3.63, 3.8) is 0 Å². The van der Waals surface area contributed by atoms with Gasteiger partial charge in [0.2, 0.25) is 0 Å². The van der Waals surface area contributed by atoms with Crippen LogP contribution in [0.15, 0.2) is 373 Å². The summed E-state index contributed by atoms with van der Waals surface area (Å²) in [5.74, 6) is 0. The van der Waals surface area contributed by atoms with Crippen molar-refractivity contribution in [3.05, 3.63) is 364 Å². The van der Waals surface area contributed by atoms with Gasteiger partial charge in [-0.2, -0.15) is 0 Å². The fourth-order valence-corrected chi connectivity index (χ4v) is 19.6. The topological polar surface area (TPSA) is 46.0 Å². The molecule has 508 valence electrons. The molecule has 6 nitrogen and oxygen atoms in total. The summed E-state index contributed by atoms with van der Waals surface area (Å²) in [5, 5.41) is 19.6. The van der Waals surface area contributed by atoms with Crippen molar-refractivity contribution >= 4 is 153 Å². The molecular formula is C104H60N4O2. The molecule has 26 rings (SSSR count). The highest BCUT2D eigenvalue weighted by atomic mass is 16.3. The zero-order chi connectivity index (χ0) is 71.6. The van der Waals surface area contributed by atoms with Gasteiger partial charge in [-0.05, 0) is 198 Å². The van der Waals surface area contributed by atoms with E-state index in [1.54, 1.807) is 0 Å². The van der Waals surface area contributed by atoms with E-state index in [4.69, 9.17) is 8.83 Å². The number of furan rings is 2. The summed E-state index contributed by atoms with van der Waals surface area (Å²) in [6, 6.07) is 133. The number of hydrogen-bond acceptors (Lipinski definition) is 2. The molecule has 0 unspecified atom stereocenters. The molecule has 6 heteroatoms. The van der Waals surface area contributed by atoms with Crippen molar-refractivity contribution in [2.45, 2.75) is 0 Å². The van der Waals surface area contributed by atoms with E-state index in [1.165, 1.54) is 164 Å². The molecule has 24 aromatic rings. The van der Waals surface area contributed by atoms with Gasteiger partial charge in [0.25, 0.3) is 0 Å². The Labute approximate surface area is 629 Å². The second kappa shape index (κ2) is 22.4. The maximum atomic E-state index is 6.51. The quantitative estimate of drug-likeness (QED) is 0.167. The molecule has 6 heterocycles. The van der Waals surface area contributed by atoms with Crippen LogP contribution in [-0.2, 0) is 0 Å². The standard InChI is InChI=1S/2C52H30N2O/c1-2-11-31(12-3-1)33-15-8-16-34(29-33)54-44-27-28-47-51(40-18-5-7-22-46(40)55-47)49(44)41-25-26-45-50(52(41)54)39-17-4-6-21-43(39)53(45)35-23-24-36-37-19-9-13-32-14-10-20-38(48(32)37)42(36)30-35;1-2-11-31(12-3-1)33-15-8-16-34(29-33)53-43-21-6-4-17-39(43)50-45(53)26-25-41-49-44(27-28-47-51(49)40-18-5-7-22-46(40)55-47)54(52(41)50)35-23-24-36-37-19-9-13-32-14-10-20-38(48(32)37)42(36)30-35/h2*1-30H. The lowest BCUT2D eigenvalue weighted by molar-refractivity contribution is 0.669. The first-order chi connectivity index (χ1) is 54.6. The fraction of sp³-hybridized carbons (Fsp3) is 0. The summed E-state index contributed by atoms with van der Waals surface area (Å²) in [6.07, 6.45) is 0. The van der Waals surface area contributed by atoms with Gasteiger partial charge in [-0.3, -0.25) is 0 Å². The molecule has 0 N–H and O–H groups in total. The van der Waals surface area contributed by atoms with Crippen LogP contribution in [-0.4, -0.2) is 18.3 Å². The zero-order valence-electron chi connectivity index (χ0n) is 59.2. The molecule has 18 aromatic carbocycles. The Morgan fingerprint density at radius 1 is 0.164 bits per heavy atom. The van der Waals surface area contributed by atoms with Gasteiger partial charge < -0.3 is 27.1 Å². The zero-order valence-corrected chi connectivity index (χ0v) is 59.2. The number of benzene rings is 18. The van der Waals surface area contributed by atoms with Crippen LogP contribution in [0.25, 0.3) is 242 Å². The molecule has 0 saturated heterocycles. The van der Waals surface area contributed by atoms with Crippen molar-refractivity contribution in [2.24, 2.45) is 0 Å². The largest absolute Gasteiger partial charge is 0.456 e. The van der Waals surface area contributed by atoms with Crippen LogP contribution >= 0.6 is 0 Å². The van der Waals surface area contributed by atoms with Crippen LogP contribution in [0.3, 0.4) is 0 Å². The van der Waals surface area contributed by atoms with Crippen LogP contribution in [0.4, 0.5) is 0 Å². The third-order valence-corrected chi connectivity index (χ3v) is 24.0. The predicted octanol–water partition coefficient (Wildman–Crippen LogP) is 28.5. The molecule has 0 saturated carbocycles. The lowest BCUT2D eigenvalue weighted by Crippen LogP contribution is -1.96. The Morgan fingerprint density at radius 3 is 0.982 bits per heavy atom. The van der Waals surface area contributed by atoms with E-state index in [1.807, 2.05) is 0 Å². The molecule has 6 aromatic heterocycles. The monoisotopic (exact) mass is 1400 g/mol. The van der Waals surface area contributed by atoms with Gasteiger partial charge in [-0.15, -0.1) is 0 Å². The first-order valence-corrected chi connectivity index (χ1v) is 37.9. The highest BCUT2D eigenvalue weighted by molar-refractivity contribution is 6.35. The van der Waals surface area contributed by atoms with E-state index < -0.39 is 0 Å². The van der Waals surface area contributed by atoms with Gasteiger partial charge in [-0.1, -0.05) is 255 Å². The molecule has 2 aliphatic carbocycles. The van der Waals surface area contributed by atoms with Crippen LogP contribution < -0.4 is 0 Å². The smallest absolute Gasteiger partial charge is 0.136 e. The maximum Gasteiger partial charge on any atom is 0.136 e. The Kier molecular flexibility index (Phi) is 12.1. The van der Waals surface area contributed by atoms with E-state index >= 15 is 0 Å². The van der Waals surface area contributed by atoms with E-state index in [0.717, 1.165) is 77.7 Å². The SMILES string of the molecule is c1ccc(-c2cccc(-n3c4ccc5oc6ccccc6c5c4c4ccc5c(c6ccccc6n5-c5ccc6c(c5)-c5cccc7cccc-6c57)c43)c2)cc1.c1ccc(-c2cccc(-n3c4ccccc4c4c3ccc3c5c6c(ccc5n(-c5ccc7c(c5)-c5cccc8cccc-7c58)c34)oc3ccccc36)c2)cc1. The molecule has 0 aliphatic heterocycles. The summed E-state index contributed by atoms with van der Waals surface area (Å²) in [5.41, 5.74) is 32.8. The Balaban J connectivity index is 0.000000126. The van der Waals surface area contributed by atoms with Gasteiger partial charge >= 0.3 is 0 Å². The molecule has 0 fully saturated rings. The van der Waals surface area contributed by atoms with Gasteiger partial charge in [0.1, 0.15) is 22.3 Å². The van der Waals surface area contributed by atoms with E-state index in [0.29, 0.717) is 0 Å². The van der Waals surface area contributed by atoms with E-state index in [-0.39, 0.29) is 0 Å². The summed E-state index contributed by atoms with van der Waals surface area (Å²) < 4.78 is 22.9. The molecule has 0 atom stereocenters. The lowest BCUT2D eigenvalue weighted by Gasteiger charge is -2.13. The van der Waals surface area contributed by atoms with Crippen LogP contribution in [0.2, 0.25) is 0 Å². The number of nitrogens with zero attached hydrogens (tertiary/aromatic N) is 4. The normalized spacial score (nSPS) is 12.4. The van der Waals surface area contributed by atoms with Gasteiger partial charge in [-0.25, -0.2) is 0 Å². The number of fused-ring (bicyclic) bond motifs is 28. The van der Waals surface area contributed by atoms with Crippen molar-refractivity contribution in [2.75, 3.05) is 0 Å². The summed E-state index contributed by atoms with van der Waals surface area (Å²) in [7, 11) is 0. The average molecular weight is 1400 g/mol. The summed E-state index contributed by atoms with van der Waals surface area (Å²) in [6.45, 7) is 0. The fourth-order valence-electron chi connectivity index (χ4n) is 19.6. The number of rotatable bonds is 6. The first kappa shape index (κ1) is 59.5. The number of hydrogen-bond donors (Lipinski definition) is 0. The molecule has 2 aliphatic rings. The van der Waals surface area contributed by atoms with Crippen molar-refractivity contribution in [1.82, 2.24) is 18.3 Å². The van der Waals surface area contributed by atoms with Crippen LogP contribution in [0, 0.1) is 0 Å². The Hall–Kier alpha value is -14.7. The second-order valence-corrected chi connectivity index (χ2v) is 29.7. The Bertz CT molecular complexity index is 8140. The molecular weight excluding hydrogens is 1340 g/mol. The first-order valence-electron chi connectivity index (χ1n) is 37.9. The summed E-state index contributed by atoms with van der Waals surface area (Å²) >= 11 is 0. The Morgan fingerprint density at radius 2 is 0.518 bits per heavy atom. The van der Waals surface area contributed by atoms with Crippen LogP contribution in [0.1, 0.15) is 0 Å².